The summed E-state index contributed by atoms with van der Waals surface area (Å²) in [6.07, 6.45) is 0. The zero-order chi connectivity index (χ0) is 16.4. The maximum absolute atomic E-state index is 2.63. The second-order valence-electron chi connectivity index (χ2n) is 10.5. The highest BCUT2D eigenvalue weighted by Crippen LogP contribution is 2.53. The van der Waals surface area contributed by atoms with Gasteiger partial charge in [-0.15, -0.1) is 0 Å². The van der Waals surface area contributed by atoms with Gasteiger partial charge in [-0.3, -0.25) is 9.80 Å². The van der Waals surface area contributed by atoms with Crippen LogP contribution in [0.2, 0.25) is 0 Å². The highest BCUT2D eigenvalue weighted by atomic mass is 15.2. The van der Waals surface area contributed by atoms with Crippen molar-refractivity contribution in [2.24, 2.45) is 35.5 Å². The Morgan fingerprint density at radius 3 is 0.955 bits per heavy atom. The molecule has 4 rings (SSSR count). The van der Waals surface area contributed by atoms with Crippen LogP contribution in [0, 0.1) is 35.5 Å². The normalized spacial score (nSPS) is 44.2. The Balaban J connectivity index is 0.000000131. The highest BCUT2D eigenvalue weighted by molar-refractivity contribution is 5.05. The Hall–Kier alpha value is -0.0800. The number of rotatable bonds is 0. The highest BCUT2D eigenvalue weighted by Gasteiger charge is 2.54. The Labute approximate surface area is 138 Å². The standard InChI is InChI=1S/2C10H19N/c2*1-7-8-5-11(6-9(7)8)10(2,3)4/h2*7-9H,5-6H2,1-4H3/t2*7?,8-,9+. The minimum atomic E-state index is 0.410. The van der Waals surface area contributed by atoms with Gasteiger partial charge in [0, 0.05) is 37.3 Å². The molecule has 2 unspecified atom stereocenters. The van der Waals surface area contributed by atoms with Gasteiger partial charge in [0.15, 0.2) is 0 Å². The maximum Gasteiger partial charge on any atom is 0.0125 e. The summed E-state index contributed by atoms with van der Waals surface area (Å²) < 4.78 is 0. The van der Waals surface area contributed by atoms with Crippen molar-refractivity contribution in [1.29, 1.82) is 0 Å². The molecule has 2 saturated carbocycles. The van der Waals surface area contributed by atoms with Crippen LogP contribution < -0.4 is 0 Å². The molecule has 0 aromatic rings. The van der Waals surface area contributed by atoms with Gasteiger partial charge in [-0.25, -0.2) is 0 Å². The summed E-state index contributed by atoms with van der Waals surface area (Å²) >= 11 is 0. The fraction of sp³-hybridized carbons (Fsp3) is 1.00. The smallest absolute Gasteiger partial charge is 0.0125 e. The van der Waals surface area contributed by atoms with E-state index in [1.165, 1.54) is 26.2 Å². The molecule has 0 radical (unpaired) electrons. The lowest BCUT2D eigenvalue weighted by Crippen LogP contribution is -2.41. The van der Waals surface area contributed by atoms with E-state index in [1.54, 1.807) is 0 Å². The van der Waals surface area contributed by atoms with Crippen LogP contribution in [0.15, 0.2) is 0 Å². The molecule has 0 N–H and O–H groups in total. The second-order valence-corrected chi connectivity index (χ2v) is 10.5. The quantitative estimate of drug-likeness (QED) is 0.668. The van der Waals surface area contributed by atoms with Gasteiger partial charge in [-0.2, -0.15) is 0 Å². The molecule has 2 saturated heterocycles. The monoisotopic (exact) mass is 306 g/mol. The molecule has 0 bridgehead atoms. The Kier molecular flexibility index (Phi) is 3.97. The fourth-order valence-corrected chi connectivity index (χ4v) is 4.74. The van der Waals surface area contributed by atoms with Crippen molar-refractivity contribution in [3.63, 3.8) is 0 Å². The SMILES string of the molecule is CC1[C@H]2CN(C(C)(C)C)C[C@@H]12.CC1[C@H]2CN(C(C)(C)C)C[C@@H]12. The van der Waals surface area contributed by atoms with E-state index in [0.717, 1.165) is 35.5 Å². The first kappa shape index (κ1) is 16.8. The second kappa shape index (κ2) is 5.21. The predicted molar refractivity (Wildman–Crippen MR) is 94.9 cm³/mol. The van der Waals surface area contributed by atoms with Crippen molar-refractivity contribution < 1.29 is 0 Å². The van der Waals surface area contributed by atoms with Gasteiger partial charge in [0.2, 0.25) is 0 Å². The lowest BCUT2D eigenvalue weighted by atomic mass is 10.1. The number of hydrogen-bond acceptors (Lipinski definition) is 2. The molecule has 22 heavy (non-hydrogen) atoms. The van der Waals surface area contributed by atoms with Crippen molar-refractivity contribution in [2.45, 2.75) is 66.5 Å². The van der Waals surface area contributed by atoms with Crippen LogP contribution in [0.1, 0.15) is 55.4 Å². The Morgan fingerprint density at radius 2 is 0.773 bits per heavy atom. The summed E-state index contributed by atoms with van der Waals surface area (Å²) in [5.41, 5.74) is 0.820. The summed E-state index contributed by atoms with van der Waals surface area (Å²) in [6.45, 7) is 24.2. The molecule has 0 aromatic heterocycles. The molecule has 0 spiro atoms. The first-order chi connectivity index (χ1) is 10.00. The molecule has 2 heterocycles. The molecular formula is C20H38N2. The molecular weight excluding hydrogens is 268 g/mol. The molecule has 0 amide bonds. The van der Waals surface area contributed by atoms with E-state index in [0.29, 0.717) is 11.1 Å². The van der Waals surface area contributed by atoms with E-state index in [2.05, 4.69) is 65.2 Å². The summed E-state index contributed by atoms with van der Waals surface area (Å²) in [4.78, 5) is 5.25. The fourth-order valence-electron chi connectivity index (χ4n) is 4.74. The first-order valence-electron chi connectivity index (χ1n) is 9.50. The van der Waals surface area contributed by atoms with Crippen LogP contribution in [-0.2, 0) is 0 Å². The van der Waals surface area contributed by atoms with Gasteiger partial charge >= 0.3 is 0 Å². The minimum Gasteiger partial charge on any atom is -0.298 e. The Bertz CT molecular complexity index is 352. The van der Waals surface area contributed by atoms with Gasteiger partial charge in [0.05, 0.1) is 0 Å². The molecule has 2 nitrogen and oxygen atoms in total. The summed E-state index contributed by atoms with van der Waals surface area (Å²) in [5.74, 6) is 6.27. The number of likely N-dealkylation sites (tertiary alicyclic amines) is 2. The molecule has 128 valence electrons. The van der Waals surface area contributed by atoms with Crippen LogP contribution in [-0.4, -0.2) is 47.1 Å². The molecule has 6 atom stereocenters. The average Bonchev–Trinajstić information content (AvgIpc) is 3.06. The number of piperidine rings is 2. The summed E-state index contributed by atoms with van der Waals surface area (Å²) in [7, 11) is 0. The van der Waals surface area contributed by atoms with Crippen LogP contribution >= 0.6 is 0 Å². The zero-order valence-corrected chi connectivity index (χ0v) is 16.2. The lowest BCUT2D eigenvalue weighted by Gasteiger charge is -2.33. The van der Waals surface area contributed by atoms with Crippen LogP contribution in [0.4, 0.5) is 0 Å². The van der Waals surface area contributed by atoms with E-state index in [9.17, 15) is 0 Å². The van der Waals surface area contributed by atoms with Crippen molar-refractivity contribution in [1.82, 2.24) is 9.80 Å². The van der Waals surface area contributed by atoms with Crippen LogP contribution in [0.3, 0.4) is 0 Å². The van der Waals surface area contributed by atoms with E-state index in [4.69, 9.17) is 0 Å². The Morgan fingerprint density at radius 1 is 0.545 bits per heavy atom. The first-order valence-corrected chi connectivity index (χ1v) is 9.50. The van der Waals surface area contributed by atoms with E-state index >= 15 is 0 Å². The third kappa shape index (κ3) is 3.11. The molecule has 4 aliphatic rings. The van der Waals surface area contributed by atoms with E-state index < -0.39 is 0 Å². The lowest BCUT2D eigenvalue weighted by molar-refractivity contribution is 0.148. The van der Waals surface area contributed by atoms with Crippen molar-refractivity contribution in [2.75, 3.05) is 26.2 Å². The van der Waals surface area contributed by atoms with Gasteiger partial charge in [-0.1, -0.05) is 13.8 Å². The number of fused-ring (bicyclic) bond motifs is 2. The van der Waals surface area contributed by atoms with Crippen LogP contribution in [0.25, 0.3) is 0 Å². The maximum atomic E-state index is 2.63. The van der Waals surface area contributed by atoms with Crippen molar-refractivity contribution in [3.8, 4) is 0 Å². The molecule has 2 heteroatoms. The van der Waals surface area contributed by atoms with Crippen LogP contribution in [0.5, 0.6) is 0 Å². The van der Waals surface area contributed by atoms with Crippen molar-refractivity contribution >= 4 is 0 Å². The van der Waals surface area contributed by atoms with Gasteiger partial charge in [-0.05, 0) is 77.0 Å². The van der Waals surface area contributed by atoms with Gasteiger partial charge in [0.25, 0.3) is 0 Å². The van der Waals surface area contributed by atoms with Gasteiger partial charge < -0.3 is 0 Å². The molecule has 2 aliphatic carbocycles. The number of nitrogens with zero attached hydrogens (tertiary/aromatic N) is 2. The topological polar surface area (TPSA) is 6.48 Å². The molecule has 4 fully saturated rings. The van der Waals surface area contributed by atoms with Gasteiger partial charge in [0.1, 0.15) is 0 Å². The largest absolute Gasteiger partial charge is 0.298 e. The van der Waals surface area contributed by atoms with E-state index in [1.807, 2.05) is 0 Å². The third-order valence-corrected chi connectivity index (χ3v) is 7.14. The summed E-state index contributed by atoms with van der Waals surface area (Å²) in [5, 5.41) is 0. The summed E-state index contributed by atoms with van der Waals surface area (Å²) in [6, 6.07) is 0. The number of hydrogen-bond donors (Lipinski definition) is 0. The molecule has 0 aromatic carbocycles. The minimum absolute atomic E-state index is 0.410. The third-order valence-electron chi connectivity index (χ3n) is 7.14. The molecule has 2 aliphatic heterocycles. The predicted octanol–water partition coefficient (Wildman–Crippen LogP) is 3.97. The van der Waals surface area contributed by atoms with Crippen molar-refractivity contribution in [3.05, 3.63) is 0 Å². The zero-order valence-electron chi connectivity index (χ0n) is 16.2. The average molecular weight is 307 g/mol. The van der Waals surface area contributed by atoms with E-state index in [-0.39, 0.29) is 0 Å².